The highest BCUT2D eigenvalue weighted by molar-refractivity contribution is 7.89. The zero-order valence-electron chi connectivity index (χ0n) is 17.5. The summed E-state index contributed by atoms with van der Waals surface area (Å²) in [7, 11) is -3.81. The molecule has 2 heterocycles. The number of pyridine rings is 1. The summed E-state index contributed by atoms with van der Waals surface area (Å²) in [4.78, 5) is 28.3. The van der Waals surface area contributed by atoms with Crippen molar-refractivity contribution in [2.75, 3.05) is 25.0 Å². The minimum atomic E-state index is -3.81. The number of hydrogen-bond acceptors (Lipinski definition) is 5. The fraction of sp³-hybridized carbons (Fsp3) is 0.125. The highest BCUT2D eigenvalue weighted by Gasteiger charge is 2.29. The van der Waals surface area contributed by atoms with Gasteiger partial charge in [-0.25, -0.2) is 13.4 Å². The van der Waals surface area contributed by atoms with E-state index >= 15 is 0 Å². The second kappa shape index (κ2) is 9.65. The predicted molar refractivity (Wildman–Crippen MR) is 123 cm³/mol. The zero-order chi connectivity index (χ0) is 23.3. The van der Waals surface area contributed by atoms with E-state index in [1.807, 2.05) is 24.3 Å². The van der Waals surface area contributed by atoms with Crippen LogP contribution in [0, 0.1) is 11.8 Å². The minimum Gasteiger partial charge on any atom is -0.354 e. The Bertz CT molecular complexity index is 1340. The first kappa shape index (κ1) is 22.2. The van der Waals surface area contributed by atoms with Crippen molar-refractivity contribution in [2.24, 2.45) is 0 Å². The molecule has 0 atom stereocenters. The van der Waals surface area contributed by atoms with Gasteiger partial charge in [-0.15, -0.1) is 0 Å². The molecule has 33 heavy (non-hydrogen) atoms. The first-order valence-electron chi connectivity index (χ1n) is 10.1. The van der Waals surface area contributed by atoms with Gasteiger partial charge in [0.25, 0.3) is 5.91 Å². The van der Waals surface area contributed by atoms with Crippen LogP contribution in [-0.4, -0.2) is 49.2 Å². The number of aromatic nitrogens is 1. The molecule has 1 aliphatic heterocycles. The average molecular weight is 461 g/mol. The summed E-state index contributed by atoms with van der Waals surface area (Å²) in [5, 5.41) is 5.38. The topological polar surface area (TPSA) is 108 Å². The van der Waals surface area contributed by atoms with E-state index in [9.17, 15) is 18.0 Å². The Morgan fingerprint density at radius 1 is 1.03 bits per heavy atom. The molecule has 0 radical (unpaired) electrons. The molecule has 2 N–H and O–H groups in total. The number of nitrogens with one attached hydrogen (secondary N) is 2. The highest BCUT2D eigenvalue weighted by atomic mass is 32.2. The van der Waals surface area contributed by atoms with Crippen LogP contribution in [0.3, 0.4) is 0 Å². The van der Waals surface area contributed by atoms with E-state index in [4.69, 9.17) is 0 Å². The molecule has 0 bridgehead atoms. The summed E-state index contributed by atoms with van der Waals surface area (Å²) in [5.41, 5.74) is 2.22. The molecule has 1 fully saturated rings. The smallest absolute Gasteiger partial charge is 0.255 e. The summed E-state index contributed by atoms with van der Waals surface area (Å²) >= 11 is 0. The van der Waals surface area contributed by atoms with Crippen LogP contribution in [0.5, 0.6) is 0 Å². The first-order chi connectivity index (χ1) is 15.9. The monoisotopic (exact) mass is 460 g/mol. The molecule has 2 aromatic carbocycles. The Labute approximate surface area is 191 Å². The number of nitrogens with zero attached hydrogens (tertiary/aromatic N) is 2. The molecule has 1 aliphatic rings. The molecule has 3 aromatic rings. The van der Waals surface area contributed by atoms with Crippen molar-refractivity contribution < 1.29 is 18.0 Å². The van der Waals surface area contributed by atoms with E-state index in [0.29, 0.717) is 22.5 Å². The average Bonchev–Trinajstić information content (AvgIpc) is 2.84. The summed E-state index contributed by atoms with van der Waals surface area (Å²) in [6.45, 7) is 0.254. The standard InChI is InChI=1S/C24H20N4O4S/c29-23-17-28(15-14-26-23)33(31,32)22-11-8-19(9-12-22)24(30)27-21-6-3-4-18(16-21)7-10-20-5-1-2-13-25-20/h1-6,8-9,11-13,16H,14-15,17H2,(H,26,29)(H,27,30). The molecule has 0 spiro atoms. The van der Waals surface area contributed by atoms with E-state index in [1.165, 1.54) is 24.3 Å². The van der Waals surface area contributed by atoms with Gasteiger partial charge in [-0.1, -0.05) is 18.1 Å². The van der Waals surface area contributed by atoms with Gasteiger partial charge in [-0.2, -0.15) is 4.31 Å². The van der Waals surface area contributed by atoms with Crippen molar-refractivity contribution in [3.63, 3.8) is 0 Å². The second-order valence-electron chi connectivity index (χ2n) is 7.21. The SMILES string of the molecule is O=C1CN(S(=O)(=O)c2ccc(C(=O)Nc3cccc(C#Cc4ccccn4)c3)cc2)CCN1. The second-order valence-corrected chi connectivity index (χ2v) is 9.15. The summed E-state index contributed by atoms with van der Waals surface area (Å²) < 4.78 is 26.6. The molecular weight excluding hydrogens is 440 g/mol. The van der Waals surface area contributed by atoms with E-state index < -0.39 is 10.0 Å². The number of carbonyl (C=O) groups excluding carboxylic acids is 2. The van der Waals surface area contributed by atoms with E-state index in [1.54, 1.807) is 24.4 Å². The van der Waals surface area contributed by atoms with Gasteiger partial charge in [-0.3, -0.25) is 9.59 Å². The van der Waals surface area contributed by atoms with Crippen molar-refractivity contribution in [2.45, 2.75) is 4.90 Å². The normalized spacial score (nSPS) is 14.0. The number of piperazine rings is 1. The van der Waals surface area contributed by atoms with Crippen molar-refractivity contribution in [1.82, 2.24) is 14.6 Å². The number of benzene rings is 2. The number of hydrogen-bond donors (Lipinski definition) is 2. The lowest BCUT2D eigenvalue weighted by Gasteiger charge is -2.25. The third kappa shape index (κ3) is 5.44. The maximum atomic E-state index is 12.7. The molecule has 9 heteroatoms. The summed E-state index contributed by atoms with van der Waals surface area (Å²) in [6.07, 6.45) is 1.67. The Morgan fingerprint density at radius 3 is 2.58 bits per heavy atom. The van der Waals surface area contributed by atoms with Crippen LogP contribution in [-0.2, 0) is 14.8 Å². The van der Waals surface area contributed by atoms with Crippen LogP contribution in [0.25, 0.3) is 0 Å². The van der Waals surface area contributed by atoms with Gasteiger partial charge < -0.3 is 10.6 Å². The van der Waals surface area contributed by atoms with Gasteiger partial charge in [0.15, 0.2) is 0 Å². The van der Waals surface area contributed by atoms with Crippen LogP contribution in [0.4, 0.5) is 5.69 Å². The van der Waals surface area contributed by atoms with Gasteiger partial charge in [0.1, 0.15) is 5.69 Å². The predicted octanol–water partition coefficient (Wildman–Crippen LogP) is 1.85. The van der Waals surface area contributed by atoms with Crippen LogP contribution >= 0.6 is 0 Å². The largest absolute Gasteiger partial charge is 0.354 e. The van der Waals surface area contributed by atoms with Crippen molar-refractivity contribution in [1.29, 1.82) is 0 Å². The van der Waals surface area contributed by atoms with Crippen molar-refractivity contribution >= 4 is 27.5 Å². The number of sulfonamides is 1. The van der Waals surface area contributed by atoms with Gasteiger partial charge in [0, 0.05) is 36.1 Å². The molecular formula is C24H20N4O4S. The molecule has 0 unspecified atom stereocenters. The molecule has 0 saturated carbocycles. The Hall–Kier alpha value is -4.00. The van der Waals surface area contributed by atoms with E-state index in [-0.39, 0.29) is 36.3 Å². The molecule has 0 aliphatic carbocycles. The zero-order valence-corrected chi connectivity index (χ0v) is 18.3. The Kier molecular flexibility index (Phi) is 6.49. The van der Waals surface area contributed by atoms with Crippen molar-refractivity contribution in [3.05, 3.63) is 89.7 Å². The first-order valence-corrected chi connectivity index (χ1v) is 11.6. The lowest BCUT2D eigenvalue weighted by molar-refractivity contribution is -0.122. The van der Waals surface area contributed by atoms with Gasteiger partial charge in [0.2, 0.25) is 15.9 Å². The Balaban J connectivity index is 1.45. The molecule has 2 amide bonds. The lowest BCUT2D eigenvalue weighted by Crippen LogP contribution is -2.49. The lowest BCUT2D eigenvalue weighted by atomic mass is 10.1. The van der Waals surface area contributed by atoms with E-state index in [2.05, 4.69) is 27.5 Å². The van der Waals surface area contributed by atoms with Crippen LogP contribution in [0.1, 0.15) is 21.6 Å². The molecule has 1 saturated heterocycles. The maximum Gasteiger partial charge on any atom is 0.255 e. The van der Waals surface area contributed by atoms with Gasteiger partial charge >= 0.3 is 0 Å². The third-order valence-electron chi connectivity index (χ3n) is 4.88. The molecule has 8 nitrogen and oxygen atoms in total. The van der Waals surface area contributed by atoms with Gasteiger partial charge in [0.05, 0.1) is 11.4 Å². The quantitative estimate of drug-likeness (QED) is 0.578. The Morgan fingerprint density at radius 2 is 1.85 bits per heavy atom. The number of carbonyl (C=O) groups is 2. The fourth-order valence-corrected chi connectivity index (χ4v) is 4.60. The maximum absolute atomic E-state index is 12.7. The number of anilines is 1. The highest BCUT2D eigenvalue weighted by Crippen LogP contribution is 2.18. The number of rotatable bonds is 4. The van der Waals surface area contributed by atoms with Crippen molar-refractivity contribution in [3.8, 4) is 11.8 Å². The van der Waals surface area contributed by atoms with Crippen LogP contribution < -0.4 is 10.6 Å². The third-order valence-corrected chi connectivity index (χ3v) is 6.74. The van der Waals surface area contributed by atoms with Gasteiger partial charge in [-0.05, 0) is 60.5 Å². The fourth-order valence-electron chi connectivity index (χ4n) is 3.20. The number of amides is 2. The van der Waals surface area contributed by atoms with Crippen LogP contribution in [0.15, 0.2) is 77.8 Å². The minimum absolute atomic E-state index is 0.0283. The summed E-state index contributed by atoms with van der Waals surface area (Å²) in [5.74, 6) is 5.25. The van der Waals surface area contributed by atoms with Crippen LogP contribution in [0.2, 0.25) is 0 Å². The molecule has 166 valence electrons. The molecule has 4 rings (SSSR count). The summed E-state index contributed by atoms with van der Waals surface area (Å²) in [6, 6.07) is 18.2. The van der Waals surface area contributed by atoms with E-state index in [0.717, 1.165) is 4.31 Å². The molecule has 1 aromatic heterocycles.